The minimum absolute atomic E-state index is 0.0582. The zero-order chi connectivity index (χ0) is 23.5. The standard InChI is InChI=1S/C20H26N8O4/c1-19(2,3)4-9-28(15(29)13-11-22-14(10-21)23-12-13)26-18(32)27-7-5-20(6-8-27)16(30)24-17(31)25-20/h11-12H,4-9H2,1-3H3,(H,26,32)(H2,24,25,30,31). The number of imide groups is 1. The second kappa shape index (κ2) is 8.78. The van der Waals surface area contributed by atoms with E-state index in [1.807, 2.05) is 20.8 Å². The molecule has 3 heterocycles. The second-order valence-electron chi connectivity index (χ2n) is 9.07. The molecule has 0 unspecified atom stereocenters. The molecule has 3 rings (SSSR count). The van der Waals surface area contributed by atoms with E-state index in [4.69, 9.17) is 5.26 Å². The van der Waals surface area contributed by atoms with Crippen molar-refractivity contribution in [2.24, 2.45) is 5.41 Å². The molecule has 0 aliphatic carbocycles. The first-order valence-electron chi connectivity index (χ1n) is 10.3. The van der Waals surface area contributed by atoms with Crippen LogP contribution in [0.4, 0.5) is 9.59 Å². The summed E-state index contributed by atoms with van der Waals surface area (Å²) in [6, 6.07) is 0.775. The van der Waals surface area contributed by atoms with E-state index in [-0.39, 0.29) is 55.2 Å². The van der Waals surface area contributed by atoms with Gasteiger partial charge in [-0.1, -0.05) is 20.8 Å². The Balaban J connectivity index is 1.68. The first kappa shape index (κ1) is 22.9. The van der Waals surface area contributed by atoms with E-state index in [0.29, 0.717) is 6.42 Å². The number of nitrogens with zero attached hydrogens (tertiary/aromatic N) is 5. The number of carbonyl (C=O) groups is 4. The third-order valence-electron chi connectivity index (χ3n) is 5.48. The number of piperidine rings is 1. The summed E-state index contributed by atoms with van der Waals surface area (Å²) >= 11 is 0. The fourth-order valence-electron chi connectivity index (χ4n) is 3.47. The van der Waals surface area contributed by atoms with Crippen LogP contribution in [0, 0.1) is 16.7 Å². The van der Waals surface area contributed by atoms with Gasteiger partial charge in [0.1, 0.15) is 11.6 Å². The van der Waals surface area contributed by atoms with Crippen LogP contribution in [0.25, 0.3) is 0 Å². The van der Waals surface area contributed by atoms with Crippen molar-refractivity contribution >= 4 is 23.9 Å². The number of hydrogen-bond donors (Lipinski definition) is 3. The van der Waals surface area contributed by atoms with Gasteiger partial charge in [-0.25, -0.2) is 30.0 Å². The van der Waals surface area contributed by atoms with E-state index < -0.39 is 23.5 Å². The van der Waals surface area contributed by atoms with Crippen LogP contribution in [0.15, 0.2) is 12.4 Å². The molecule has 0 aromatic carbocycles. The maximum Gasteiger partial charge on any atom is 0.336 e. The van der Waals surface area contributed by atoms with Gasteiger partial charge in [0.25, 0.3) is 11.8 Å². The molecule has 12 heteroatoms. The number of nitrogens with one attached hydrogen (secondary N) is 3. The number of urea groups is 2. The number of hydrazine groups is 1. The minimum atomic E-state index is -0.991. The van der Waals surface area contributed by atoms with E-state index in [1.165, 1.54) is 22.3 Å². The zero-order valence-electron chi connectivity index (χ0n) is 18.3. The van der Waals surface area contributed by atoms with Gasteiger partial charge in [-0.15, -0.1) is 0 Å². The summed E-state index contributed by atoms with van der Waals surface area (Å²) in [5, 5.41) is 14.9. The zero-order valence-corrected chi connectivity index (χ0v) is 18.3. The van der Waals surface area contributed by atoms with E-state index in [0.717, 1.165) is 0 Å². The van der Waals surface area contributed by atoms with Crippen molar-refractivity contribution in [2.75, 3.05) is 19.6 Å². The normalized spacial score (nSPS) is 17.4. The van der Waals surface area contributed by atoms with Gasteiger partial charge in [0.15, 0.2) is 0 Å². The van der Waals surface area contributed by atoms with Crippen LogP contribution in [-0.4, -0.2) is 68.9 Å². The smallest absolute Gasteiger partial charge is 0.323 e. The number of amides is 6. The van der Waals surface area contributed by atoms with Crippen LogP contribution in [0.5, 0.6) is 0 Å². The van der Waals surface area contributed by atoms with Gasteiger partial charge in [0.2, 0.25) is 5.82 Å². The predicted octanol–water partition coefficient (Wildman–Crippen LogP) is 0.525. The Labute approximate surface area is 185 Å². The summed E-state index contributed by atoms with van der Waals surface area (Å²) in [5.41, 5.74) is 1.71. The van der Waals surface area contributed by atoms with Crippen LogP contribution < -0.4 is 16.1 Å². The average Bonchev–Trinajstić information content (AvgIpc) is 3.02. The van der Waals surface area contributed by atoms with Gasteiger partial charge in [-0.3, -0.25) is 14.9 Å². The Bertz CT molecular complexity index is 955. The van der Waals surface area contributed by atoms with Gasteiger partial charge in [0, 0.05) is 32.0 Å². The molecule has 170 valence electrons. The first-order chi connectivity index (χ1) is 15.0. The highest BCUT2D eigenvalue weighted by Gasteiger charge is 2.48. The van der Waals surface area contributed by atoms with Crippen LogP contribution in [-0.2, 0) is 4.79 Å². The number of nitriles is 1. The van der Waals surface area contributed by atoms with Crippen molar-refractivity contribution < 1.29 is 19.2 Å². The predicted molar refractivity (Wildman–Crippen MR) is 111 cm³/mol. The monoisotopic (exact) mass is 442 g/mol. The molecule has 0 atom stereocenters. The van der Waals surface area contributed by atoms with Crippen molar-refractivity contribution in [1.82, 2.24) is 35.9 Å². The third-order valence-corrected chi connectivity index (χ3v) is 5.48. The van der Waals surface area contributed by atoms with Crippen LogP contribution in [0.1, 0.15) is 56.2 Å². The van der Waals surface area contributed by atoms with Gasteiger partial charge in [0.05, 0.1) is 5.56 Å². The summed E-state index contributed by atoms with van der Waals surface area (Å²) in [6.45, 7) is 6.79. The lowest BCUT2D eigenvalue weighted by Crippen LogP contribution is -2.59. The molecular formula is C20H26N8O4. The molecule has 12 nitrogen and oxygen atoms in total. The second-order valence-corrected chi connectivity index (χ2v) is 9.07. The van der Waals surface area contributed by atoms with Crippen molar-refractivity contribution in [2.45, 2.75) is 45.6 Å². The van der Waals surface area contributed by atoms with Crippen molar-refractivity contribution in [3.05, 3.63) is 23.8 Å². The lowest BCUT2D eigenvalue weighted by Gasteiger charge is -2.38. The molecule has 3 N–H and O–H groups in total. The highest BCUT2D eigenvalue weighted by atomic mass is 16.2. The number of aromatic nitrogens is 2. The van der Waals surface area contributed by atoms with Crippen molar-refractivity contribution in [1.29, 1.82) is 5.26 Å². The van der Waals surface area contributed by atoms with Gasteiger partial charge < -0.3 is 10.2 Å². The largest absolute Gasteiger partial charge is 0.336 e. The highest BCUT2D eigenvalue weighted by Crippen LogP contribution is 2.25. The Morgan fingerprint density at radius 2 is 1.88 bits per heavy atom. The van der Waals surface area contributed by atoms with E-state index in [2.05, 4.69) is 26.0 Å². The molecule has 6 amide bonds. The van der Waals surface area contributed by atoms with Gasteiger partial charge >= 0.3 is 12.1 Å². The number of carbonyl (C=O) groups excluding carboxylic acids is 4. The summed E-state index contributed by atoms with van der Waals surface area (Å²) in [6.07, 6.45) is 3.66. The quantitative estimate of drug-likeness (QED) is 0.454. The molecule has 2 saturated heterocycles. The summed E-state index contributed by atoms with van der Waals surface area (Å²) < 4.78 is 0. The molecule has 0 saturated carbocycles. The SMILES string of the molecule is CC(C)(C)CCN(NC(=O)N1CCC2(CC1)NC(=O)NC2=O)C(=O)c1cnc(C#N)nc1. The fourth-order valence-corrected chi connectivity index (χ4v) is 3.47. The fraction of sp³-hybridized carbons (Fsp3) is 0.550. The molecule has 1 aromatic rings. The molecule has 2 fully saturated rings. The molecular weight excluding hydrogens is 416 g/mol. The maximum atomic E-state index is 13.0. The minimum Gasteiger partial charge on any atom is -0.323 e. The molecule has 2 aliphatic rings. The number of rotatable bonds is 3. The van der Waals surface area contributed by atoms with Crippen LogP contribution in [0.2, 0.25) is 0 Å². The Morgan fingerprint density at radius 1 is 1.25 bits per heavy atom. The Hall–Kier alpha value is -3.75. The molecule has 0 radical (unpaired) electrons. The Morgan fingerprint density at radius 3 is 2.38 bits per heavy atom. The van der Waals surface area contributed by atoms with Gasteiger partial charge in [-0.05, 0) is 24.7 Å². The number of likely N-dealkylation sites (tertiary alicyclic amines) is 1. The third kappa shape index (κ3) is 5.11. The highest BCUT2D eigenvalue weighted by molar-refractivity contribution is 6.07. The van der Waals surface area contributed by atoms with Crippen LogP contribution in [0.3, 0.4) is 0 Å². The van der Waals surface area contributed by atoms with Crippen molar-refractivity contribution in [3.63, 3.8) is 0 Å². The summed E-state index contributed by atoms with van der Waals surface area (Å²) in [4.78, 5) is 58.6. The lowest BCUT2D eigenvalue weighted by atomic mass is 9.88. The van der Waals surface area contributed by atoms with E-state index in [9.17, 15) is 19.2 Å². The van der Waals surface area contributed by atoms with Gasteiger partial charge in [-0.2, -0.15) is 5.26 Å². The van der Waals surface area contributed by atoms with Crippen molar-refractivity contribution in [3.8, 4) is 6.07 Å². The number of hydrogen-bond acceptors (Lipinski definition) is 7. The summed E-state index contributed by atoms with van der Waals surface area (Å²) in [7, 11) is 0. The topological polar surface area (TPSA) is 160 Å². The lowest BCUT2D eigenvalue weighted by molar-refractivity contribution is -0.125. The summed E-state index contributed by atoms with van der Waals surface area (Å²) in [5.74, 6) is -0.939. The van der Waals surface area contributed by atoms with E-state index >= 15 is 0 Å². The molecule has 1 spiro atoms. The van der Waals surface area contributed by atoms with E-state index in [1.54, 1.807) is 6.07 Å². The van der Waals surface area contributed by atoms with Crippen LogP contribution >= 0.6 is 0 Å². The molecule has 1 aromatic heterocycles. The molecule has 0 bridgehead atoms. The average molecular weight is 442 g/mol. The Kier molecular flexibility index (Phi) is 6.29. The first-order valence-corrected chi connectivity index (χ1v) is 10.3. The molecule has 32 heavy (non-hydrogen) atoms. The molecule has 2 aliphatic heterocycles. The maximum absolute atomic E-state index is 13.0.